The zero-order valence-corrected chi connectivity index (χ0v) is 16.9. The van der Waals surface area contributed by atoms with Gasteiger partial charge in [0, 0.05) is 12.3 Å². The summed E-state index contributed by atoms with van der Waals surface area (Å²) in [4.78, 5) is 37.4. The zero-order chi connectivity index (χ0) is 21.3. The topological polar surface area (TPSA) is 136 Å². The molecule has 0 heterocycles. The van der Waals surface area contributed by atoms with E-state index >= 15 is 0 Å². The number of Topliss-reactive ketones (excluding diaryl/α,β-unsaturated/α-hetero) is 2. The molecule has 1 aromatic rings. The van der Waals surface area contributed by atoms with E-state index in [1.807, 2.05) is 30.3 Å². The number of hydrogen-bond acceptors (Lipinski definition) is 6. The minimum atomic E-state index is -1.06. The molecule has 0 aliphatic rings. The van der Waals surface area contributed by atoms with Crippen LogP contribution < -0.4 is 16.8 Å². The predicted octanol–water partition coefficient (Wildman–Crippen LogP) is 0.571. The highest BCUT2D eigenvalue weighted by Gasteiger charge is 2.31. The number of amides is 1. The summed E-state index contributed by atoms with van der Waals surface area (Å²) < 4.78 is 0. The van der Waals surface area contributed by atoms with Gasteiger partial charge in [0.05, 0.1) is 24.1 Å². The lowest BCUT2D eigenvalue weighted by Gasteiger charge is -2.25. The van der Waals surface area contributed by atoms with Crippen molar-refractivity contribution in [3.05, 3.63) is 35.9 Å². The second-order valence-corrected chi connectivity index (χ2v) is 7.51. The minimum Gasteiger partial charge on any atom is -0.393 e. The first-order chi connectivity index (χ1) is 13.2. The molecule has 0 aromatic heterocycles. The third kappa shape index (κ3) is 7.50. The van der Waals surface area contributed by atoms with Gasteiger partial charge in [-0.05, 0) is 31.9 Å². The molecule has 7 heteroatoms. The van der Waals surface area contributed by atoms with Gasteiger partial charge >= 0.3 is 0 Å². The number of nitrogens with one attached hydrogen (secondary N) is 1. The van der Waals surface area contributed by atoms with Crippen LogP contribution in [0.2, 0.25) is 0 Å². The molecule has 0 saturated heterocycles. The standard InChI is InChI=1S/C21H33N3O4/c1-13(2)20(27)18(9-10-22)24-21(28)16(14(3)25)12-19(26)17(23)11-15-7-5-4-6-8-15/h4-8,13-14,16-18,25H,9-12,22-23H2,1-3H3,(H,24,28)/t14?,16-,17+,18-/m0/s1. The predicted molar refractivity (Wildman–Crippen MR) is 108 cm³/mol. The van der Waals surface area contributed by atoms with E-state index in [1.54, 1.807) is 13.8 Å². The van der Waals surface area contributed by atoms with Gasteiger partial charge < -0.3 is 21.9 Å². The fourth-order valence-corrected chi connectivity index (χ4v) is 2.97. The Kier molecular flexibility index (Phi) is 9.99. The van der Waals surface area contributed by atoms with Crippen LogP contribution in [0.5, 0.6) is 0 Å². The van der Waals surface area contributed by atoms with E-state index in [0.29, 0.717) is 12.8 Å². The number of nitrogens with two attached hydrogens (primary N) is 2. The molecule has 0 saturated carbocycles. The Labute approximate surface area is 166 Å². The first-order valence-corrected chi connectivity index (χ1v) is 9.71. The summed E-state index contributed by atoms with van der Waals surface area (Å²) in [6.07, 6.45) is -0.588. The Morgan fingerprint density at radius 2 is 1.71 bits per heavy atom. The van der Waals surface area contributed by atoms with E-state index in [1.165, 1.54) is 6.92 Å². The smallest absolute Gasteiger partial charge is 0.226 e. The van der Waals surface area contributed by atoms with Gasteiger partial charge in [-0.25, -0.2) is 0 Å². The largest absolute Gasteiger partial charge is 0.393 e. The van der Waals surface area contributed by atoms with E-state index in [-0.39, 0.29) is 30.4 Å². The highest BCUT2D eigenvalue weighted by molar-refractivity contribution is 5.93. The van der Waals surface area contributed by atoms with Crippen molar-refractivity contribution >= 4 is 17.5 Å². The Morgan fingerprint density at radius 3 is 2.21 bits per heavy atom. The van der Waals surface area contributed by atoms with Gasteiger partial charge in [-0.2, -0.15) is 0 Å². The van der Waals surface area contributed by atoms with Crippen molar-refractivity contribution < 1.29 is 19.5 Å². The van der Waals surface area contributed by atoms with Crippen molar-refractivity contribution in [3.63, 3.8) is 0 Å². The molecule has 0 radical (unpaired) electrons. The van der Waals surface area contributed by atoms with Crippen molar-refractivity contribution in [2.45, 2.75) is 58.2 Å². The monoisotopic (exact) mass is 391 g/mol. The highest BCUT2D eigenvalue weighted by atomic mass is 16.3. The SMILES string of the molecule is CC(C)C(=O)[C@H](CCN)NC(=O)[C@@H](CC(=O)[C@H](N)Cc1ccccc1)C(C)O. The van der Waals surface area contributed by atoms with Crippen LogP contribution in [0.3, 0.4) is 0 Å². The highest BCUT2D eigenvalue weighted by Crippen LogP contribution is 2.14. The van der Waals surface area contributed by atoms with Gasteiger partial charge in [0.2, 0.25) is 5.91 Å². The van der Waals surface area contributed by atoms with E-state index in [2.05, 4.69) is 5.32 Å². The van der Waals surface area contributed by atoms with Gasteiger partial charge in [0.15, 0.2) is 11.6 Å². The molecule has 1 rings (SSSR count). The van der Waals surface area contributed by atoms with Gasteiger partial charge in [-0.15, -0.1) is 0 Å². The van der Waals surface area contributed by atoms with Crippen molar-refractivity contribution in [2.75, 3.05) is 6.54 Å². The molecule has 1 aromatic carbocycles. The molecule has 0 fully saturated rings. The first-order valence-electron chi connectivity index (χ1n) is 9.71. The summed E-state index contributed by atoms with van der Waals surface area (Å²) in [6.45, 7) is 5.18. The number of carbonyl (C=O) groups is 3. The van der Waals surface area contributed by atoms with Crippen molar-refractivity contribution in [1.82, 2.24) is 5.32 Å². The average Bonchev–Trinajstić information content (AvgIpc) is 2.65. The lowest BCUT2D eigenvalue weighted by atomic mass is 9.90. The number of aliphatic hydroxyl groups excluding tert-OH is 1. The van der Waals surface area contributed by atoms with Crippen LogP contribution in [0.15, 0.2) is 30.3 Å². The first kappa shape index (κ1) is 23.9. The van der Waals surface area contributed by atoms with E-state index in [0.717, 1.165) is 5.56 Å². The average molecular weight is 392 g/mol. The Balaban J connectivity index is 2.78. The van der Waals surface area contributed by atoms with E-state index in [4.69, 9.17) is 11.5 Å². The number of aliphatic hydroxyl groups is 1. The zero-order valence-electron chi connectivity index (χ0n) is 16.9. The molecule has 1 unspecified atom stereocenters. The second-order valence-electron chi connectivity index (χ2n) is 7.51. The van der Waals surface area contributed by atoms with Crippen LogP contribution in [0, 0.1) is 11.8 Å². The number of rotatable bonds is 12. The molecule has 7 nitrogen and oxygen atoms in total. The molecular formula is C21H33N3O4. The number of benzene rings is 1. The van der Waals surface area contributed by atoms with Crippen LogP contribution in [0.25, 0.3) is 0 Å². The van der Waals surface area contributed by atoms with Crippen molar-refractivity contribution in [2.24, 2.45) is 23.3 Å². The van der Waals surface area contributed by atoms with Gasteiger partial charge in [0.1, 0.15) is 0 Å². The molecular weight excluding hydrogens is 358 g/mol. The third-order valence-corrected chi connectivity index (χ3v) is 4.74. The molecule has 0 aliphatic carbocycles. The Hall–Kier alpha value is -2.09. The fourth-order valence-electron chi connectivity index (χ4n) is 2.97. The number of hydrogen-bond donors (Lipinski definition) is 4. The number of ketones is 2. The molecule has 6 N–H and O–H groups in total. The summed E-state index contributed by atoms with van der Waals surface area (Å²) in [5.74, 6) is -2.22. The van der Waals surface area contributed by atoms with Crippen LogP contribution in [-0.2, 0) is 20.8 Å². The quantitative estimate of drug-likeness (QED) is 0.411. The van der Waals surface area contributed by atoms with Gasteiger partial charge in [-0.1, -0.05) is 44.2 Å². The summed E-state index contributed by atoms with van der Waals surface area (Å²) in [5.41, 5.74) is 12.5. The van der Waals surface area contributed by atoms with Crippen LogP contribution in [-0.4, -0.2) is 47.3 Å². The summed E-state index contributed by atoms with van der Waals surface area (Å²) in [5, 5.41) is 12.7. The Morgan fingerprint density at radius 1 is 1.11 bits per heavy atom. The van der Waals surface area contributed by atoms with Crippen molar-refractivity contribution in [3.8, 4) is 0 Å². The second kappa shape index (κ2) is 11.7. The molecule has 156 valence electrons. The van der Waals surface area contributed by atoms with Crippen LogP contribution in [0.1, 0.15) is 39.2 Å². The van der Waals surface area contributed by atoms with Crippen LogP contribution in [0.4, 0.5) is 0 Å². The van der Waals surface area contributed by atoms with E-state index in [9.17, 15) is 19.5 Å². The van der Waals surface area contributed by atoms with Crippen LogP contribution >= 0.6 is 0 Å². The number of carbonyl (C=O) groups excluding carboxylic acids is 3. The maximum absolute atomic E-state index is 12.7. The molecule has 0 aliphatic heterocycles. The Bertz CT molecular complexity index is 646. The van der Waals surface area contributed by atoms with Gasteiger partial charge in [-0.3, -0.25) is 14.4 Å². The molecule has 4 atom stereocenters. The lowest BCUT2D eigenvalue weighted by molar-refractivity contribution is -0.136. The normalized spacial score (nSPS) is 15.5. The van der Waals surface area contributed by atoms with E-state index < -0.39 is 30.0 Å². The molecule has 0 spiro atoms. The van der Waals surface area contributed by atoms with Crippen molar-refractivity contribution in [1.29, 1.82) is 0 Å². The third-order valence-electron chi connectivity index (χ3n) is 4.74. The summed E-state index contributed by atoms with van der Waals surface area (Å²) in [7, 11) is 0. The minimum absolute atomic E-state index is 0.129. The molecule has 28 heavy (non-hydrogen) atoms. The maximum atomic E-state index is 12.7. The summed E-state index contributed by atoms with van der Waals surface area (Å²) in [6, 6.07) is 7.85. The fraction of sp³-hybridized carbons (Fsp3) is 0.571. The molecule has 1 amide bonds. The van der Waals surface area contributed by atoms with Gasteiger partial charge in [0.25, 0.3) is 0 Å². The molecule has 0 bridgehead atoms. The summed E-state index contributed by atoms with van der Waals surface area (Å²) >= 11 is 0. The lowest BCUT2D eigenvalue weighted by Crippen LogP contribution is -2.49. The maximum Gasteiger partial charge on any atom is 0.226 e.